The van der Waals surface area contributed by atoms with Crippen molar-refractivity contribution in [1.82, 2.24) is 9.88 Å². The molecule has 6 heteroatoms. The molecule has 25 heavy (non-hydrogen) atoms. The van der Waals surface area contributed by atoms with E-state index >= 15 is 0 Å². The molecule has 0 aliphatic rings. The number of aromatic nitrogens is 1. The maximum absolute atomic E-state index is 12.7. The second-order valence-electron chi connectivity index (χ2n) is 6.23. The van der Waals surface area contributed by atoms with E-state index in [4.69, 9.17) is 4.42 Å². The van der Waals surface area contributed by atoms with Gasteiger partial charge < -0.3 is 15.1 Å². The van der Waals surface area contributed by atoms with Gasteiger partial charge in [-0.05, 0) is 31.5 Å². The van der Waals surface area contributed by atoms with Crippen molar-refractivity contribution in [2.75, 3.05) is 5.32 Å². The van der Waals surface area contributed by atoms with E-state index < -0.39 is 11.8 Å². The van der Waals surface area contributed by atoms with Gasteiger partial charge in [-0.3, -0.25) is 9.36 Å². The Morgan fingerprint density at radius 1 is 1.08 bits per heavy atom. The number of carbonyl (C=O) groups excluding carboxylic acids is 1. The second-order valence-corrected chi connectivity index (χ2v) is 6.23. The zero-order chi connectivity index (χ0) is 18.0. The van der Waals surface area contributed by atoms with Gasteiger partial charge in [0.2, 0.25) is 5.91 Å². The lowest BCUT2D eigenvalue weighted by Gasteiger charge is -2.21. The van der Waals surface area contributed by atoms with Crippen molar-refractivity contribution in [2.45, 2.75) is 25.9 Å². The molecule has 1 heterocycles. The van der Waals surface area contributed by atoms with Crippen LogP contribution >= 0.6 is 0 Å². The highest BCUT2D eigenvalue weighted by atomic mass is 16.4. The summed E-state index contributed by atoms with van der Waals surface area (Å²) in [6.07, 6.45) is 0. The molecule has 6 nitrogen and oxygen atoms in total. The first kappa shape index (κ1) is 16.8. The number of aryl methyl sites for hydroxylation is 1. The quantitative estimate of drug-likeness (QED) is 0.749. The lowest BCUT2D eigenvalue weighted by atomic mass is 10.1. The minimum atomic E-state index is -0.597. The van der Waals surface area contributed by atoms with Crippen molar-refractivity contribution in [2.24, 2.45) is 7.05 Å². The monoisotopic (exact) mass is 339 g/mol. The number of carbonyl (C=O) groups is 1. The van der Waals surface area contributed by atoms with Crippen LogP contribution in [0.3, 0.4) is 0 Å². The van der Waals surface area contributed by atoms with Crippen molar-refractivity contribution < 1.29 is 9.21 Å². The van der Waals surface area contributed by atoms with Crippen LogP contribution in [0.4, 0.5) is 5.69 Å². The molecule has 0 aliphatic carbocycles. The fraction of sp³-hybridized carbons (Fsp3) is 0.263. The van der Waals surface area contributed by atoms with Crippen molar-refractivity contribution in [3.63, 3.8) is 0 Å². The third kappa shape index (κ3) is 3.42. The smallest absolute Gasteiger partial charge is 0.405 e. The maximum atomic E-state index is 12.7. The van der Waals surface area contributed by atoms with Crippen molar-refractivity contribution in [3.8, 4) is 0 Å². The van der Waals surface area contributed by atoms with Crippen LogP contribution in [0, 0.1) is 0 Å². The van der Waals surface area contributed by atoms with Gasteiger partial charge in [0.1, 0.15) is 6.04 Å². The molecule has 0 saturated carbocycles. The van der Waals surface area contributed by atoms with Gasteiger partial charge in [0.15, 0.2) is 5.58 Å². The van der Waals surface area contributed by atoms with Gasteiger partial charge in [0.25, 0.3) is 0 Å². The number of nitrogens with one attached hydrogen (secondary N) is 2. The van der Waals surface area contributed by atoms with E-state index in [1.807, 2.05) is 50.2 Å². The second kappa shape index (κ2) is 6.84. The Hall–Kier alpha value is -3.02. The van der Waals surface area contributed by atoms with E-state index in [1.54, 1.807) is 19.2 Å². The zero-order valence-electron chi connectivity index (χ0n) is 14.4. The van der Waals surface area contributed by atoms with E-state index in [1.165, 1.54) is 4.57 Å². The first-order chi connectivity index (χ1) is 12.0. The summed E-state index contributed by atoms with van der Waals surface area (Å²) in [5, 5.41) is 6.15. The van der Waals surface area contributed by atoms with Crippen LogP contribution in [0.2, 0.25) is 0 Å². The average Bonchev–Trinajstić information content (AvgIpc) is 2.88. The molecule has 0 bridgehead atoms. The molecule has 0 aliphatic heterocycles. The van der Waals surface area contributed by atoms with E-state index in [0.717, 1.165) is 5.56 Å². The predicted octanol–water partition coefficient (Wildman–Crippen LogP) is 2.81. The van der Waals surface area contributed by atoms with Gasteiger partial charge in [0, 0.05) is 13.1 Å². The van der Waals surface area contributed by atoms with E-state index in [0.29, 0.717) is 16.8 Å². The number of hydrogen-bond acceptors (Lipinski definition) is 4. The average molecular weight is 339 g/mol. The first-order valence-corrected chi connectivity index (χ1v) is 8.18. The summed E-state index contributed by atoms with van der Waals surface area (Å²) < 4.78 is 6.78. The summed E-state index contributed by atoms with van der Waals surface area (Å²) in [6.45, 7) is 3.83. The Morgan fingerprint density at radius 2 is 1.80 bits per heavy atom. The van der Waals surface area contributed by atoms with E-state index in [9.17, 15) is 9.59 Å². The highest BCUT2D eigenvalue weighted by Crippen LogP contribution is 2.27. The number of rotatable bonds is 5. The molecule has 0 radical (unpaired) electrons. The number of benzene rings is 2. The molecule has 1 amide bonds. The molecule has 2 aromatic carbocycles. The summed E-state index contributed by atoms with van der Waals surface area (Å²) in [4.78, 5) is 24.5. The molecule has 1 aromatic heterocycles. The Balaban J connectivity index is 2.02. The van der Waals surface area contributed by atoms with Gasteiger partial charge in [-0.2, -0.15) is 0 Å². The number of fused-ring (bicyclic) bond motifs is 1. The van der Waals surface area contributed by atoms with Crippen LogP contribution in [0.5, 0.6) is 0 Å². The fourth-order valence-electron chi connectivity index (χ4n) is 2.73. The number of nitrogens with zero attached hydrogens (tertiary/aromatic N) is 1. The Bertz CT molecular complexity index is 941. The topological polar surface area (TPSA) is 76.3 Å². The summed E-state index contributed by atoms with van der Waals surface area (Å²) in [6, 6.07) is 14.3. The third-order valence-electron chi connectivity index (χ3n) is 3.94. The molecular formula is C19H21N3O3. The Kier molecular flexibility index (Phi) is 4.61. The SMILES string of the molecule is CC(C)NC(=O)C(Nc1cccc2c1oc(=O)n2C)c1ccccc1. The van der Waals surface area contributed by atoms with Gasteiger partial charge >= 0.3 is 5.76 Å². The van der Waals surface area contributed by atoms with Crippen LogP contribution < -0.4 is 16.4 Å². The number of oxazole rings is 1. The van der Waals surface area contributed by atoms with Crippen molar-refractivity contribution >= 4 is 22.7 Å². The molecule has 130 valence electrons. The minimum absolute atomic E-state index is 0.0194. The molecule has 0 fully saturated rings. The minimum Gasteiger partial charge on any atom is -0.405 e. The maximum Gasteiger partial charge on any atom is 0.419 e. The number of anilines is 1. The summed E-state index contributed by atoms with van der Waals surface area (Å²) in [5.74, 6) is -0.580. The van der Waals surface area contributed by atoms with E-state index in [2.05, 4.69) is 10.6 Å². The van der Waals surface area contributed by atoms with Gasteiger partial charge in [-0.15, -0.1) is 0 Å². The van der Waals surface area contributed by atoms with Crippen molar-refractivity contribution in [1.29, 1.82) is 0 Å². The molecule has 0 spiro atoms. The molecular weight excluding hydrogens is 318 g/mol. The summed E-state index contributed by atoms with van der Waals surface area (Å²) >= 11 is 0. The van der Waals surface area contributed by atoms with Gasteiger partial charge in [-0.1, -0.05) is 36.4 Å². The Labute approximate surface area is 145 Å². The largest absolute Gasteiger partial charge is 0.419 e. The first-order valence-electron chi connectivity index (χ1n) is 8.18. The van der Waals surface area contributed by atoms with Gasteiger partial charge in [0.05, 0.1) is 11.2 Å². The predicted molar refractivity (Wildman–Crippen MR) is 97.5 cm³/mol. The summed E-state index contributed by atoms with van der Waals surface area (Å²) in [5.41, 5.74) is 2.54. The lowest BCUT2D eigenvalue weighted by Crippen LogP contribution is -2.37. The van der Waals surface area contributed by atoms with Crippen LogP contribution in [-0.2, 0) is 11.8 Å². The molecule has 2 N–H and O–H groups in total. The molecule has 0 saturated heterocycles. The van der Waals surface area contributed by atoms with Crippen LogP contribution in [0.1, 0.15) is 25.5 Å². The molecule has 1 unspecified atom stereocenters. The standard InChI is InChI=1S/C19H21N3O3/c1-12(2)20-18(23)16(13-8-5-4-6-9-13)21-14-10-7-11-15-17(14)25-19(24)22(15)3/h4-12,16,21H,1-3H3,(H,20,23). The fourth-order valence-corrected chi connectivity index (χ4v) is 2.73. The summed E-state index contributed by atoms with van der Waals surface area (Å²) in [7, 11) is 1.65. The number of amides is 1. The molecule has 1 atom stereocenters. The number of para-hydroxylation sites is 1. The van der Waals surface area contributed by atoms with Gasteiger partial charge in [-0.25, -0.2) is 4.79 Å². The molecule has 3 aromatic rings. The Morgan fingerprint density at radius 3 is 2.48 bits per heavy atom. The van der Waals surface area contributed by atoms with Crippen LogP contribution in [0.15, 0.2) is 57.7 Å². The zero-order valence-corrected chi connectivity index (χ0v) is 14.4. The third-order valence-corrected chi connectivity index (χ3v) is 3.94. The lowest BCUT2D eigenvalue weighted by molar-refractivity contribution is -0.122. The van der Waals surface area contributed by atoms with Crippen LogP contribution in [0.25, 0.3) is 11.1 Å². The highest BCUT2D eigenvalue weighted by Gasteiger charge is 2.22. The van der Waals surface area contributed by atoms with E-state index in [-0.39, 0.29) is 11.9 Å². The molecule has 3 rings (SSSR count). The highest BCUT2D eigenvalue weighted by molar-refractivity contribution is 5.91. The van der Waals surface area contributed by atoms with Crippen LogP contribution in [-0.4, -0.2) is 16.5 Å². The number of hydrogen-bond donors (Lipinski definition) is 2. The van der Waals surface area contributed by atoms with Crippen molar-refractivity contribution in [3.05, 3.63) is 64.6 Å². The normalized spacial score (nSPS) is 12.3.